The van der Waals surface area contributed by atoms with Crippen LogP contribution in [0.2, 0.25) is 0 Å². The fourth-order valence-corrected chi connectivity index (χ4v) is 4.11. The van der Waals surface area contributed by atoms with Gasteiger partial charge in [-0.3, -0.25) is 0 Å². The third-order valence-electron chi connectivity index (χ3n) is 6.17. The van der Waals surface area contributed by atoms with Gasteiger partial charge in [-0.25, -0.2) is 0 Å². The molecule has 2 radical (unpaired) electrons. The molecule has 40 heavy (non-hydrogen) atoms. The first-order valence-electron chi connectivity index (χ1n) is 12.5. The fraction of sp³-hybridized carbons (Fsp3) is 0.286. The molecule has 5 aromatic rings. The molecule has 0 aliphatic carbocycles. The summed E-state index contributed by atoms with van der Waals surface area (Å²) in [5.74, 6) is 0.323. The van der Waals surface area contributed by atoms with Crippen molar-refractivity contribution < 1.29 is 34.5 Å². The summed E-state index contributed by atoms with van der Waals surface area (Å²) in [4.78, 5) is 0. The second kappa shape index (κ2) is 18.2. The molecule has 3 N–H and O–H groups in total. The first kappa shape index (κ1) is 39.8. The Kier molecular flexibility index (Phi) is 18.1. The van der Waals surface area contributed by atoms with Crippen LogP contribution in [0.5, 0.6) is 5.75 Å². The number of benzene rings is 4. The third-order valence-corrected chi connectivity index (χ3v) is 6.17. The predicted octanol–water partition coefficient (Wildman–Crippen LogP) is 8.59. The summed E-state index contributed by atoms with van der Waals surface area (Å²) < 4.78 is 0. The molecule has 0 aromatic heterocycles. The number of aliphatic hydroxyl groups is 2. The van der Waals surface area contributed by atoms with E-state index in [-0.39, 0.29) is 25.7 Å². The van der Waals surface area contributed by atoms with Crippen molar-refractivity contribution in [2.24, 2.45) is 0 Å². The Labute approximate surface area is 256 Å². The van der Waals surface area contributed by atoms with Gasteiger partial charge in [-0.05, 0) is 33.7 Å². The SMILES string of the molecule is CC(C)(C)c1ccc2[cH-]c3ccc(C(C)(C)C)cc3c2c1.CO.CO.Oc1ccc2ccccc2c1.[CH3-].[CH3-].[Si]=[Ti]. The van der Waals surface area contributed by atoms with E-state index in [2.05, 4.69) is 91.6 Å². The number of fused-ring (bicyclic) bond motifs is 4. The van der Waals surface area contributed by atoms with E-state index in [4.69, 9.17) is 15.3 Å². The number of aromatic hydroxyl groups is 1. The number of aliphatic hydroxyl groups excluding tert-OH is 2. The third kappa shape index (κ3) is 10.6. The molecule has 5 aromatic carbocycles. The number of phenolic OH excluding ortho intramolecular Hbond substituents is 1. The minimum absolute atomic E-state index is 0. The maximum atomic E-state index is 9.13. The van der Waals surface area contributed by atoms with Crippen molar-refractivity contribution in [1.29, 1.82) is 0 Å². The molecule has 5 heteroatoms. The Hall–Kier alpha value is -2.34. The molecule has 216 valence electrons. The normalized spacial score (nSPS) is 10.1. The maximum absolute atomic E-state index is 9.13. The summed E-state index contributed by atoms with van der Waals surface area (Å²) in [5.41, 5.74) is 3.20. The van der Waals surface area contributed by atoms with E-state index in [9.17, 15) is 0 Å². The van der Waals surface area contributed by atoms with E-state index in [0.29, 0.717) is 5.75 Å². The van der Waals surface area contributed by atoms with E-state index in [1.165, 1.54) is 32.7 Å². The molecular formula is C35H47O3SiTi-3. The summed E-state index contributed by atoms with van der Waals surface area (Å²) in [7, 11) is 4.97. The van der Waals surface area contributed by atoms with Crippen LogP contribution in [-0.2, 0) is 30.0 Å². The van der Waals surface area contributed by atoms with Gasteiger partial charge in [0.25, 0.3) is 0 Å². The zero-order chi connectivity index (χ0) is 29.1. The van der Waals surface area contributed by atoms with Gasteiger partial charge in [-0.2, -0.15) is 0 Å². The van der Waals surface area contributed by atoms with Crippen molar-refractivity contribution in [1.82, 2.24) is 0 Å². The molecule has 3 nitrogen and oxygen atoms in total. The molecular weight excluding hydrogens is 544 g/mol. The van der Waals surface area contributed by atoms with Crippen LogP contribution in [0.25, 0.3) is 32.3 Å². The van der Waals surface area contributed by atoms with Gasteiger partial charge in [0.1, 0.15) is 5.75 Å². The van der Waals surface area contributed by atoms with E-state index in [1.54, 1.807) is 31.3 Å². The van der Waals surface area contributed by atoms with Crippen molar-refractivity contribution in [3.05, 3.63) is 111 Å². The summed E-state index contributed by atoms with van der Waals surface area (Å²) in [6, 6.07) is 29.5. The van der Waals surface area contributed by atoms with Crippen molar-refractivity contribution in [2.75, 3.05) is 14.2 Å². The van der Waals surface area contributed by atoms with Gasteiger partial charge in [-0.15, -0.1) is 39.7 Å². The Balaban J connectivity index is 0. The summed E-state index contributed by atoms with van der Waals surface area (Å²) in [6.45, 7) is 13.7. The fourth-order valence-electron chi connectivity index (χ4n) is 4.11. The second-order valence-electron chi connectivity index (χ2n) is 10.8. The number of rotatable bonds is 0. The number of hydrogen-bond acceptors (Lipinski definition) is 3. The molecule has 5 rings (SSSR count). The molecule has 0 unspecified atom stereocenters. The average molecular weight is 592 g/mol. The van der Waals surface area contributed by atoms with Gasteiger partial charge in [0.2, 0.25) is 0 Å². The molecule has 0 saturated carbocycles. The van der Waals surface area contributed by atoms with Gasteiger partial charge in [0, 0.05) is 14.2 Å². The number of hydrogen-bond donors (Lipinski definition) is 3. The van der Waals surface area contributed by atoms with Crippen LogP contribution in [-0.4, -0.2) is 37.2 Å². The molecule has 0 fully saturated rings. The van der Waals surface area contributed by atoms with E-state index in [1.807, 2.05) is 30.3 Å². The predicted molar refractivity (Wildman–Crippen MR) is 175 cm³/mol. The first-order chi connectivity index (χ1) is 18.0. The monoisotopic (exact) mass is 591 g/mol. The zero-order valence-electron chi connectivity index (χ0n) is 25.9. The van der Waals surface area contributed by atoms with Gasteiger partial charge in [0.05, 0.1) is 0 Å². The Morgan fingerprint density at radius 1 is 0.575 bits per heavy atom. The standard InChI is InChI=1S/C21H25.C10H8O.2CH4O.2CH3.Si.Ti/c1-20(2,3)16-9-7-14-11-15-8-10-17(21(4,5)6)13-19(15)18(14)12-16;11-10-6-5-8-3-1-2-4-9(8)7-10;2*1-2;;;;/h7-13H,1-6H3;1-7,11H;2*2H,1H3;2*1H3;;/q-1;;;;2*-1;;. The molecule has 0 aliphatic heterocycles. The zero-order valence-corrected chi connectivity index (χ0v) is 28.5. The Bertz CT molecular complexity index is 1360. The van der Waals surface area contributed by atoms with Crippen LogP contribution in [0.4, 0.5) is 0 Å². The van der Waals surface area contributed by atoms with Gasteiger partial charge >= 0.3 is 26.8 Å². The minimum atomic E-state index is 0. The van der Waals surface area contributed by atoms with Gasteiger partial charge in [-0.1, -0.05) is 107 Å². The Morgan fingerprint density at radius 3 is 1.38 bits per heavy atom. The van der Waals surface area contributed by atoms with Gasteiger partial charge < -0.3 is 30.2 Å². The van der Waals surface area contributed by atoms with Crippen molar-refractivity contribution in [2.45, 2.75) is 52.4 Å². The van der Waals surface area contributed by atoms with Crippen molar-refractivity contribution in [3.63, 3.8) is 0 Å². The van der Waals surface area contributed by atoms with Crippen LogP contribution in [0.1, 0.15) is 52.7 Å². The quantitative estimate of drug-likeness (QED) is 0.125. The van der Waals surface area contributed by atoms with Gasteiger partial charge in [0.15, 0.2) is 0 Å². The molecule has 0 spiro atoms. The molecule has 0 saturated heterocycles. The Morgan fingerprint density at radius 2 is 0.975 bits per heavy atom. The summed E-state index contributed by atoms with van der Waals surface area (Å²) >= 11 is 1.81. The topological polar surface area (TPSA) is 60.7 Å². The van der Waals surface area contributed by atoms with Crippen LogP contribution < -0.4 is 0 Å². The summed E-state index contributed by atoms with van der Waals surface area (Å²) in [6.07, 6.45) is 0. The first-order valence-corrected chi connectivity index (χ1v) is 15.3. The second-order valence-corrected chi connectivity index (χ2v) is 10.8. The average Bonchev–Trinajstić information content (AvgIpc) is 3.29. The molecule has 0 bridgehead atoms. The molecule has 0 amide bonds. The number of phenols is 1. The van der Waals surface area contributed by atoms with E-state index in [0.717, 1.165) is 25.0 Å². The molecule has 0 heterocycles. The van der Waals surface area contributed by atoms with E-state index < -0.39 is 0 Å². The van der Waals surface area contributed by atoms with Crippen molar-refractivity contribution in [3.8, 4) is 5.75 Å². The molecule has 0 atom stereocenters. The van der Waals surface area contributed by atoms with Crippen LogP contribution >= 0.6 is 0 Å². The van der Waals surface area contributed by atoms with Crippen LogP contribution in [0.3, 0.4) is 0 Å². The van der Waals surface area contributed by atoms with Crippen LogP contribution in [0, 0.1) is 14.9 Å². The van der Waals surface area contributed by atoms with E-state index >= 15 is 0 Å². The summed E-state index contributed by atoms with van der Waals surface area (Å²) in [5, 5.41) is 30.9. The van der Waals surface area contributed by atoms with Crippen LogP contribution in [0.15, 0.2) is 84.9 Å². The molecule has 0 aliphatic rings. The van der Waals surface area contributed by atoms with Crippen molar-refractivity contribution >= 4 is 39.9 Å².